The molecule has 3 aromatic rings. The lowest BCUT2D eigenvalue weighted by molar-refractivity contribution is -0.180. The summed E-state index contributed by atoms with van der Waals surface area (Å²) in [6, 6.07) is 8.68. The number of ether oxygens (including phenoxy) is 1. The smallest absolute Gasteiger partial charge is 0.407 e. The monoisotopic (exact) mass is 528 g/mol. The van der Waals surface area contributed by atoms with Gasteiger partial charge in [0.25, 0.3) is 0 Å². The van der Waals surface area contributed by atoms with Gasteiger partial charge in [-0.15, -0.1) is 0 Å². The van der Waals surface area contributed by atoms with Crippen molar-refractivity contribution in [3.63, 3.8) is 0 Å². The molecule has 7 nitrogen and oxygen atoms in total. The SMILES string of the molecule is CC(C)(NS(=O)(=O)c1ccc(-c2c(C#N)c3ccc(OC(F)F)cc3n2C2CCC2)nc1)C(F)(F)F. The number of sulfonamides is 1. The fourth-order valence-corrected chi connectivity index (χ4v) is 5.33. The summed E-state index contributed by atoms with van der Waals surface area (Å²) in [7, 11) is -4.57. The van der Waals surface area contributed by atoms with Crippen molar-refractivity contribution in [3.8, 4) is 23.2 Å². The minimum Gasteiger partial charge on any atom is -0.435 e. The zero-order chi connectivity index (χ0) is 26.5. The molecule has 0 bridgehead atoms. The molecule has 1 saturated carbocycles. The number of nitrogens with one attached hydrogen (secondary N) is 1. The van der Waals surface area contributed by atoms with Crippen LogP contribution < -0.4 is 9.46 Å². The normalized spacial score (nSPS) is 15.2. The Morgan fingerprint density at radius 2 is 1.89 bits per heavy atom. The molecule has 0 saturated heterocycles. The highest BCUT2D eigenvalue weighted by molar-refractivity contribution is 7.89. The summed E-state index contributed by atoms with van der Waals surface area (Å²) < 4.78 is 98.2. The molecule has 192 valence electrons. The maximum Gasteiger partial charge on any atom is 0.407 e. The van der Waals surface area contributed by atoms with E-state index < -0.39 is 33.2 Å². The number of hydrogen-bond donors (Lipinski definition) is 1. The van der Waals surface area contributed by atoms with Gasteiger partial charge in [0, 0.05) is 23.7 Å². The van der Waals surface area contributed by atoms with E-state index in [-0.39, 0.29) is 23.0 Å². The predicted molar refractivity (Wildman–Crippen MR) is 120 cm³/mol. The number of nitriles is 1. The Balaban J connectivity index is 1.81. The molecule has 0 amide bonds. The van der Waals surface area contributed by atoms with E-state index in [9.17, 15) is 35.6 Å². The molecule has 2 aromatic heterocycles. The van der Waals surface area contributed by atoms with Crippen molar-refractivity contribution in [1.82, 2.24) is 14.3 Å². The average Bonchev–Trinajstić information content (AvgIpc) is 3.04. The molecule has 0 spiro atoms. The van der Waals surface area contributed by atoms with Gasteiger partial charge in [0.1, 0.15) is 22.3 Å². The van der Waals surface area contributed by atoms with Crippen LogP contribution in [-0.4, -0.2) is 36.3 Å². The summed E-state index contributed by atoms with van der Waals surface area (Å²) in [4.78, 5) is 3.67. The van der Waals surface area contributed by atoms with E-state index in [0.29, 0.717) is 30.4 Å². The van der Waals surface area contributed by atoms with Crippen LogP contribution in [0.15, 0.2) is 41.4 Å². The van der Waals surface area contributed by atoms with Crippen molar-refractivity contribution in [2.45, 2.75) is 62.4 Å². The van der Waals surface area contributed by atoms with Gasteiger partial charge in [0.15, 0.2) is 0 Å². The Kier molecular flexibility index (Phi) is 6.47. The van der Waals surface area contributed by atoms with Crippen molar-refractivity contribution in [3.05, 3.63) is 42.1 Å². The third-order valence-electron chi connectivity index (χ3n) is 6.14. The zero-order valence-electron chi connectivity index (χ0n) is 19.1. The third kappa shape index (κ3) is 4.62. The van der Waals surface area contributed by atoms with Gasteiger partial charge in [-0.3, -0.25) is 4.98 Å². The summed E-state index contributed by atoms with van der Waals surface area (Å²) in [5.74, 6) is -0.0839. The quantitative estimate of drug-likeness (QED) is 0.408. The van der Waals surface area contributed by atoms with Gasteiger partial charge in [0.2, 0.25) is 10.0 Å². The standard InChI is InChI=1S/C23H21F5N4O3S/c1-22(2,23(26,27)28)31-36(33,34)15-7-9-18(30-12-15)20-17(11-29)16-8-6-14(35-21(24)25)10-19(16)32(20)13-4-3-5-13/h6-10,12-13,21,31H,3-5H2,1-2H3. The molecule has 0 atom stereocenters. The van der Waals surface area contributed by atoms with Crippen LogP contribution in [0.4, 0.5) is 22.0 Å². The fourth-order valence-electron chi connectivity index (χ4n) is 3.99. The molecule has 36 heavy (non-hydrogen) atoms. The van der Waals surface area contributed by atoms with Crippen molar-refractivity contribution in [2.24, 2.45) is 0 Å². The molecule has 13 heteroatoms. The fraction of sp³-hybridized carbons (Fsp3) is 0.391. The van der Waals surface area contributed by atoms with Crippen molar-refractivity contribution < 1.29 is 35.1 Å². The van der Waals surface area contributed by atoms with E-state index in [2.05, 4.69) is 15.8 Å². The molecular formula is C23H21F5N4O3S. The lowest BCUT2D eigenvalue weighted by atomic mass is 9.92. The van der Waals surface area contributed by atoms with Gasteiger partial charge in [-0.25, -0.2) is 8.42 Å². The van der Waals surface area contributed by atoms with Crippen LogP contribution in [0.1, 0.15) is 44.7 Å². The van der Waals surface area contributed by atoms with E-state index in [1.165, 1.54) is 24.3 Å². The Morgan fingerprint density at radius 3 is 2.39 bits per heavy atom. The van der Waals surface area contributed by atoms with E-state index in [0.717, 1.165) is 31.5 Å². The van der Waals surface area contributed by atoms with Gasteiger partial charge < -0.3 is 9.30 Å². The van der Waals surface area contributed by atoms with Crippen molar-refractivity contribution >= 4 is 20.9 Å². The van der Waals surface area contributed by atoms with Gasteiger partial charge in [0.05, 0.1) is 22.5 Å². The summed E-state index contributed by atoms with van der Waals surface area (Å²) >= 11 is 0. The van der Waals surface area contributed by atoms with E-state index in [4.69, 9.17) is 0 Å². The number of alkyl halides is 5. The second kappa shape index (κ2) is 9.01. The summed E-state index contributed by atoms with van der Waals surface area (Å²) in [6.45, 7) is -1.62. The largest absolute Gasteiger partial charge is 0.435 e. The maximum absolute atomic E-state index is 13.2. The minimum atomic E-state index is -4.83. The number of fused-ring (bicyclic) bond motifs is 1. The first kappa shape index (κ1) is 25.8. The first-order valence-corrected chi connectivity index (χ1v) is 12.3. The van der Waals surface area contributed by atoms with Crippen LogP contribution in [0.5, 0.6) is 5.75 Å². The number of pyridine rings is 1. The lowest BCUT2D eigenvalue weighted by Crippen LogP contribution is -2.54. The molecule has 1 aliphatic carbocycles. The van der Waals surface area contributed by atoms with Gasteiger partial charge in [-0.2, -0.15) is 31.9 Å². The second-order valence-corrected chi connectivity index (χ2v) is 10.6. The molecule has 1 aliphatic rings. The lowest BCUT2D eigenvalue weighted by Gasteiger charge is -2.30. The van der Waals surface area contributed by atoms with Crippen molar-refractivity contribution in [2.75, 3.05) is 0 Å². The van der Waals surface area contributed by atoms with Crippen LogP contribution in [0.25, 0.3) is 22.3 Å². The Hall–Kier alpha value is -3.24. The third-order valence-corrected chi connectivity index (χ3v) is 7.78. The second-order valence-electron chi connectivity index (χ2n) is 8.95. The molecule has 0 unspecified atom stereocenters. The molecule has 1 fully saturated rings. The highest BCUT2D eigenvalue weighted by Gasteiger charge is 2.49. The first-order chi connectivity index (χ1) is 16.7. The van der Waals surface area contributed by atoms with E-state index >= 15 is 0 Å². The molecule has 4 rings (SSSR count). The van der Waals surface area contributed by atoms with Crippen LogP contribution in [0.2, 0.25) is 0 Å². The summed E-state index contributed by atoms with van der Waals surface area (Å²) in [5, 5.41) is 10.4. The number of aromatic nitrogens is 2. The number of benzene rings is 1. The van der Waals surface area contributed by atoms with Crippen molar-refractivity contribution in [1.29, 1.82) is 5.26 Å². The Morgan fingerprint density at radius 1 is 1.19 bits per heavy atom. The molecule has 1 N–H and O–H groups in total. The van der Waals surface area contributed by atoms with Gasteiger partial charge >= 0.3 is 12.8 Å². The number of halogens is 5. The molecule has 0 aliphatic heterocycles. The molecule has 2 heterocycles. The molecular weight excluding hydrogens is 507 g/mol. The van der Waals surface area contributed by atoms with Crippen LogP contribution in [-0.2, 0) is 10.0 Å². The van der Waals surface area contributed by atoms with Crippen LogP contribution in [0.3, 0.4) is 0 Å². The van der Waals surface area contributed by atoms with Gasteiger partial charge in [-0.1, -0.05) is 0 Å². The average molecular weight is 529 g/mol. The minimum absolute atomic E-state index is 0.0501. The first-order valence-electron chi connectivity index (χ1n) is 10.8. The number of hydrogen-bond acceptors (Lipinski definition) is 5. The number of nitrogens with zero attached hydrogens (tertiary/aromatic N) is 3. The number of rotatable bonds is 7. The van der Waals surface area contributed by atoms with Crippen LogP contribution >= 0.6 is 0 Å². The highest BCUT2D eigenvalue weighted by Crippen LogP contribution is 2.43. The highest BCUT2D eigenvalue weighted by atomic mass is 32.2. The molecule has 0 radical (unpaired) electrons. The zero-order valence-corrected chi connectivity index (χ0v) is 19.9. The topological polar surface area (TPSA) is 97.0 Å². The maximum atomic E-state index is 13.2. The van der Waals surface area contributed by atoms with E-state index in [1.54, 1.807) is 9.29 Å². The van der Waals surface area contributed by atoms with E-state index in [1.807, 2.05) is 0 Å². The van der Waals surface area contributed by atoms with Gasteiger partial charge in [-0.05, 0) is 57.4 Å². The summed E-state index contributed by atoms with van der Waals surface area (Å²) in [6.07, 6.45) is -1.45. The molecule has 1 aromatic carbocycles. The summed E-state index contributed by atoms with van der Waals surface area (Å²) in [5.41, 5.74) is -1.46. The Labute approximate surface area is 203 Å². The van der Waals surface area contributed by atoms with Crippen LogP contribution in [0, 0.1) is 11.3 Å². The Bertz CT molecular complexity index is 1440. The predicted octanol–water partition coefficient (Wildman–Crippen LogP) is 5.52.